The molecule has 1 unspecified atom stereocenters. The van der Waals surface area contributed by atoms with Gasteiger partial charge in [0.05, 0.1) is 17.8 Å². The van der Waals surface area contributed by atoms with Crippen LogP contribution in [0, 0.1) is 5.82 Å². The number of hydrogen-bond donors (Lipinski definition) is 1. The van der Waals surface area contributed by atoms with E-state index in [-0.39, 0.29) is 11.1 Å². The molecule has 2 aromatic rings. The third-order valence-electron chi connectivity index (χ3n) is 2.99. The summed E-state index contributed by atoms with van der Waals surface area (Å²) in [4.78, 5) is 0. The Hall–Kier alpha value is -1.39. The van der Waals surface area contributed by atoms with Crippen molar-refractivity contribution < 1.29 is 4.39 Å². The molecule has 1 heterocycles. The molecular weight excluding hydrogens is 265 g/mol. The van der Waals surface area contributed by atoms with Crippen LogP contribution >= 0.6 is 11.6 Å². The van der Waals surface area contributed by atoms with Gasteiger partial charge in [-0.25, -0.2) is 4.39 Å². The molecule has 19 heavy (non-hydrogen) atoms. The Balaban J connectivity index is 2.09. The fraction of sp³-hybridized carbons (Fsp3) is 0.357. The van der Waals surface area contributed by atoms with E-state index < -0.39 is 5.82 Å². The highest BCUT2D eigenvalue weighted by atomic mass is 35.5. The minimum absolute atomic E-state index is 0.144. The van der Waals surface area contributed by atoms with Gasteiger partial charge in [0, 0.05) is 17.8 Å². The number of benzene rings is 1. The fourth-order valence-corrected chi connectivity index (χ4v) is 2.14. The Morgan fingerprint density at radius 2 is 2.26 bits per heavy atom. The van der Waals surface area contributed by atoms with Crippen LogP contribution in [0.1, 0.15) is 31.0 Å². The van der Waals surface area contributed by atoms with E-state index in [1.165, 1.54) is 6.07 Å². The first-order chi connectivity index (χ1) is 9.10. The van der Waals surface area contributed by atoms with Gasteiger partial charge in [-0.2, -0.15) is 5.10 Å². The van der Waals surface area contributed by atoms with Crippen LogP contribution < -0.4 is 5.32 Å². The monoisotopic (exact) mass is 281 g/mol. The Morgan fingerprint density at radius 1 is 1.47 bits per heavy atom. The van der Waals surface area contributed by atoms with E-state index in [0.717, 1.165) is 17.7 Å². The predicted molar refractivity (Wildman–Crippen MR) is 74.8 cm³/mol. The van der Waals surface area contributed by atoms with Gasteiger partial charge in [-0.3, -0.25) is 4.68 Å². The summed E-state index contributed by atoms with van der Waals surface area (Å²) in [7, 11) is 0. The van der Waals surface area contributed by atoms with Crippen molar-refractivity contribution in [1.82, 2.24) is 15.1 Å². The minimum atomic E-state index is -0.396. The first-order valence-corrected chi connectivity index (χ1v) is 6.67. The average Bonchev–Trinajstić information content (AvgIpc) is 2.83. The van der Waals surface area contributed by atoms with Crippen LogP contribution in [0.25, 0.3) is 0 Å². The molecule has 0 amide bonds. The molecule has 0 radical (unpaired) electrons. The molecule has 1 aromatic carbocycles. The van der Waals surface area contributed by atoms with Crippen LogP contribution in [0.3, 0.4) is 0 Å². The van der Waals surface area contributed by atoms with E-state index in [4.69, 9.17) is 11.6 Å². The van der Waals surface area contributed by atoms with E-state index in [1.807, 2.05) is 17.1 Å². The molecule has 0 bridgehead atoms. The molecule has 3 nitrogen and oxygen atoms in total. The lowest BCUT2D eigenvalue weighted by atomic mass is 10.2. The third kappa shape index (κ3) is 3.55. The summed E-state index contributed by atoms with van der Waals surface area (Å²) < 4.78 is 14.9. The quantitative estimate of drug-likeness (QED) is 0.910. The van der Waals surface area contributed by atoms with E-state index >= 15 is 0 Å². The van der Waals surface area contributed by atoms with Crippen molar-refractivity contribution in [2.75, 3.05) is 6.54 Å². The van der Waals surface area contributed by atoms with Crippen LogP contribution in [-0.2, 0) is 6.54 Å². The van der Waals surface area contributed by atoms with Gasteiger partial charge in [-0.1, -0.05) is 24.6 Å². The Kier molecular flexibility index (Phi) is 4.56. The number of halogens is 2. The second kappa shape index (κ2) is 6.17. The van der Waals surface area contributed by atoms with Gasteiger partial charge in [0.15, 0.2) is 0 Å². The first-order valence-electron chi connectivity index (χ1n) is 6.29. The smallest absolute Gasteiger partial charge is 0.141 e. The lowest BCUT2D eigenvalue weighted by Crippen LogP contribution is -2.17. The van der Waals surface area contributed by atoms with E-state index in [1.54, 1.807) is 12.1 Å². The van der Waals surface area contributed by atoms with Gasteiger partial charge in [0.2, 0.25) is 0 Å². The van der Waals surface area contributed by atoms with Gasteiger partial charge >= 0.3 is 0 Å². The molecule has 0 saturated carbocycles. The second-order valence-corrected chi connectivity index (χ2v) is 4.91. The fourth-order valence-electron chi connectivity index (χ4n) is 1.94. The molecule has 0 aliphatic rings. The van der Waals surface area contributed by atoms with Crippen molar-refractivity contribution >= 4 is 11.6 Å². The number of nitrogens with one attached hydrogen (secondary N) is 1. The van der Waals surface area contributed by atoms with Crippen molar-refractivity contribution in [3.63, 3.8) is 0 Å². The van der Waals surface area contributed by atoms with Gasteiger partial charge in [0.1, 0.15) is 5.82 Å². The summed E-state index contributed by atoms with van der Waals surface area (Å²) in [5, 5.41) is 7.78. The van der Waals surface area contributed by atoms with Crippen molar-refractivity contribution in [2.45, 2.75) is 26.4 Å². The van der Waals surface area contributed by atoms with Crippen LogP contribution in [0.4, 0.5) is 4.39 Å². The number of nitrogens with zero attached hydrogens (tertiary/aromatic N) is 2. The Labute approximate surface area is 117 Å². The highest BCUT2D eigenvalue weighted by Gasteiger charge is 2.07. The molecule has 5 heteroatoms. The second-order valence-electron chi connectivity index (χ2n) is 4.50. The van der Waals surface area contributed by atoms with Gasteiger partial charge in [0.25, 0.3) is 0 Å². The maximum Gasteiger partial charge on any atom is 0.141 e. The van der Waals surface area contributed by atoms with E-state index in [9.17, 15) is 4.39 Å². The summed E-state index contributed by atoms with van der Waals surface area (Å²) in [6, 6.07) is 5.00. The molecular formula is C14H17ClFN3. The number of rotatable bonds is 5. The van der Waals surface area contributed by atoms with Crippen LogP contribution in [-0.4, -0.2) is 16.3 Å². The maximum atomic E-state index is 13.1. The zero-order valence-electron chi connectivity index (χ0n) is 11.0. The highest BCUT2D eigenvalue weighted by Crippen LogP contribution is 2.17. The summed E-state index contributed by atoms with van der Waals surface area (Å²) in [5.41, 5.74) is 2.06. The van der Waals surface area contributed by atoms with Crippen molar-refractivity contribution in [1.29, 1.82) is 0 Å². The predicted octanol–water partition coefficient (Wildman–Crippen LogP) is 3.39. The lowest BCUT2D eigenvalue weighted by Gasteiger charge is -2.09. The van der Waals surface area contributed by atoms with Gasteiger partial charge in [-0.15, -0.1) is 0 Å². The number of aromatic nitrogens is 2. The third-order valence-corrected chi connectivity index (χ3v) is 3.28. The summed E-state index contributed by atoms with van der Waals surface area (Å²) in [6.07, 6.45) is 3.84. The minimum Gasteiger partial charge on any atom is -0.310 e. The molecule has 1 N–H and O–H groups in total. The maximum absolute atomic E-state index is 13.1. The van der Waals surface area contributed by atoms with Crippen LogP contribution in [0.2, 0.25) is 5.02 Å². The molecule has 0 spiro atoms. The highest BCUT2D eigenvalue weighted by molar-refractivity contribution is 6.30. The Bertz CT molecular complexity index is 553. The zero-order valence-corrected chi connectivity index (χ0v) is 11.8. The summed E-state index contributed by atoms with van der Waals surface area (Å²) >= 11 is 5.76. The van der Waals surface area contributed by atoms with E-state index in [2.05, 4.69) is 24.3 Å². The molecule has 102 valence electrons. The lowest BCUT2D eigenvalue weighted by molar-refractivity contribution is 0.596. The van der Waals surface area contributed by atoms with Crippen LogP contribution in [0.5, 0.6) is 0 Å². The topological polar surface area (TPSA) is 29.9 Å². The molecule has 0 fully saturated rings. The van der Waals surface area contributed by atoms with Gasteiger partial charge in [-0.05, 0) is 31.2 Å². The molecule has 0 aliphatic carbocycles. The normalized spacial score (nSPS) is 12.6. The zero-order chi connectivity index (χ0) is 13.8. The van der Waals surface area contributed by atoms with Crippen LogP contribution in [0.15, 0.2) is 30.6 Å². The SMILES string of the molecule is CCNC(C)c1cnn(Cc2ccc(F)c(Cl)c2)c1. The number of hydrogen-bond acceptors (Lipinski definition) is 2. The molecule has 1 atom stereocenters. The Morgan fingerprint density at radius 3 is 2.95 bits per heavy atom. The molecule has 2 rings (SSSR count). The first kappa shape index (κ1) is 14.0. The average molecular weight is 282 g/mol. The summed E-state index contributed by atoms with van der Waals surface area (Å²) in [6.45, 7) is 5.67. The summed E-state index contributed by atoms with van der Waals surface area (Å²) in [5.74, 6) is -0.396. The van der Waals surface area contributed by atoms with Crippen molar-refractivity contribution in [2.24, 2.45) is 0 Å². The van der Waals surface area contributed by atoms with Gasteiger partial charge < -0.3 is 5.32 Å². The van der Waals surface area contributed by atoms with Crippen molar-refractivity contribution in [3.8, 4) is 0 Å². The van der Waals surface area contributed by atoms with Crippen molar-refractivity contribution in [3.05, 3.63) is 52.6 Å². The molecule has 0 saturated heterocycles. The largest absolute Gasteiger partial charge is 0.310 e. The standard InChI is InChI=1S/C14H17ClFN3/c1-3-17-10(2)12-7-18-19(9-12)8-11-4-5-14(16)13(15)6-11/h4-7,9-10,17H,3,8H2,1-2H3. The van der Waals surface area contributed by atoms with E-state index in [0.29, 0.717) is 6.54 Å². The molecule has 0 aliphatic heterocycles. The molecule has 1 aromatic heterocycles.